The van der Waals surface area contributed by atoms with E-state index < -0.39 is 28.5 Å². The SMILES string of the molecule is CON(C)S(=O)(=O)c1ccc(C(=O)OCC(=O)NCCc2cccs2)cc1. The third kappa shape index (κ3) is 5.86. The fraction of sp³-hybridized carbons (Fsp3) is 0.294. The summed E-state index contributed by atoms with van der Waals surface area (Å²) >= 11 is 1.61. The van der Waals surface area contributed by atoms with Crippen LogP contribution in [0.5, 0.6) is 0 Å². The Labute approximate surface area is 161 Å². The Bertz CT molecular complexity index is 863. The molecule has 1 N–H and O–H groups in total. The minimum absolute atomic E-state index is 0.0327. The third-order valence-electron chi connectivity index (χ3n) is 3.59. The third-order valence-corrected chi connectivity index (χ3v) is 6.22. The van der Waals surface area contributed by atoms with Crippen LogP contribution in [0.3, 0.4) is 0 Å². The molecule has 0 unspecified atom stereocenters. The van der Waals surface area contributed by atoms with Crippen LogP contribution in [0.25, 0.3) is 0 Å². The molecule has 8 nitrogen and oxygen atoms in total. The van der Waals surface area contributed by atoms with Gasteiger partial charge in [-0.15, -0.1) is 11.3 Å². The zero-order valence-electron chi connectivity index (χ0n) is 14.9. The quantitative estimate of drug-likeness (QED) is 0.494. The number of amides is 1. The van der Waals surface area contributed by atoms with Crippen molar-refractivity contribution in [2.24, 2.45) is 0 Å². The summed E-state index contributed by atoms with van der Waals surface area (Å²) in [6, 6.07) is 9.07. The van der Waals surface area contributed by atoms with Crippen molar-refractivity contribution in [2.75, 3.05) is 27.3 Å². The summed E-state index contributed by atoms with van der Waals surface area (Å²) in [5.41, 5.74) is 0.139. The molecule has 1 amide bonds. The van der Waals surface area contributed by atoms with Crippen molar-refractivity contribution in [3.63, 3.8) is 0 Å². The maximum Gasteiger partial charge on any atom is 0.338 e. The van der Waals surface area contributed by atoms with Crippen LogP contribution < -0.4 is 5.32 Å². The van der Waals surface area contributed by atoms with Gasteiger partial charge in [0, 0.05) is 18.5 Å². The number of sulfonamides is 1. The molecular weight excluding hydrogens is 392 g/mol. The first kappa shape index (κ1) is 21.0. The van der Waals surface area contributed by atoms with Gasteiger partial charge in [0.25, 0.3) is 15.9 Å². The number of hydrogen-bond donors (Lipinski definition) is 1. The Balaban J connectivity index is 1.82. The number of nitrogens with one attached hydrogen (secondary N) is 1. The molecule has 1 aromatic heterocycles. The standard InChI is InChI=1S/C17H20N2O6S2/c1-19(24-2)27(22,23)15-7-5-13(6-8-15)17(21)25-12-16(20)18-10-9-14-4-3-11-26-14/h3-8,11H,9-10,12H2,1-2H3,(H,18,20). The smallest absolute Gasteiger partial charge is 0.338 e. The Kier molecular flexibility index (Phi) is 7.48. The number of ether oxygens (including phenoxy) is 1. The van der Waals surface area contributed by atoms with Crippen LogP contribution in [0.1, 0.15) is 15.2 Å². The van der Waals surface area contributed by atoms with Gasteiger partial charge >= 0.3 is 5.97 Å². The molecule has 0 aliphatic heterocycles. The highest BCUT2D eigenvalue weighted by molar-refractivity contribution is 7.89. The molecule has 0 aliphatic rings. The largest absolute Gasteiger partial charge is 0.452 e. The van der Waals surface area contributed by atoms with Crippen molar-refractivity contribution in [1.82, 2.24) is 9.79 Å². The van der Waals surface area contributed by atoms with Crippen molar-refractivity contribution in [3.05, 3.63) is 52.2 Å². The second kappa shape index (κ2) is 9.60. The number of benzene rings is 1. The van der Waals surface area contributed by atoms with Gasteiger partial charge in [-0.1, -0.05) is 10.5 Å². The van der Waals surface area contributed by atoms with Gasteiger partial charge in [-0.25, -0.2) is 13.2 Å². The lowest BCUT2D eigenvalue weighted by molar-refractivity contribution is -0.124. The number of thiophene rings is 1. The van der Waals surface area contributed by atoms with Crippen molar-refractivity contribution in [1.29, 1.82) is 0 Å². The predicted molar refractivity (Wildman–Crippen MR) is 99.7 cm³/mol. The second-order valence-electron chi connectivity index (χ2n) is 5.38. The van der Waals surface area contributed by atoms with E-state index in [9.17, 15) is 18.0 Å². The Morgan fingerprint density at radius 3 is 2.48 bits per heavy atom. The number of rotatable bonds is 9. The van der Waals surface area contributed by atoms with E-state index in [4.69, 9.17) is 4.74 Å². The van der Waals surface area contributed by atoms with E-state index in [0.717, 1.165) is 4.88 Å². The van der Waals surface area contributed by atoms with Gasteiger partial charge in [-0.3, -0.25) is 9.63 Å². The lowest BCUT2D eigenvalue weighted by atomic mass is 10.2. The van der Waals surface area contributed by atoms with Crippen LogP contribution in [-0.4, -0.2) is 52.1 Å². The summed E-state index contributed by atoms with van der Waals surface area (Å²) in [5.74, 6) is -1.12. The van der Waals surface area contributed by atoms with Crippen LogP contribution in [0.15, 0.2) is 46.7 Å². The topological polar surface area (TPSA) is 102 Å². The van der Waals surface area contributed by atoms with Crippen molar-refractivity contribution < 1.29 is 27.6 Å². The van der Waals surface area contributed by atoms with E-state index in [-0.39, 0.29) is 10.5 Å². The molecule has 0 radical (unpaired) electrons. The van der Waals surface area contributed by atoms with E-state index in [1.807, 2.05) is 17.5 Å². The van der Waals surface area contributed by atoms with Crippen molar-refractivity contribution in [3.8, 4) is 0 Å². The van der Waals surface area contributed by atoms with E-state index in [0.29, 0.717) is 17.4 Å². The van der Waals surface area contributed by atoms with Gasteiger partial charge in [-0.2, -0.15) is 0 Å². The van der Waals surface area contributed by atoms with Crippen molar-refractivity contribution >= 4 is 33.2 Å². The molecule has 10 heteroatoms. The molecule has 0 saturated carbocycles. The van der Waals surface area contributed by atoms with Crippen LogP contribution in [-0.2, 0) is 30.8 Å². The zero-order chi connectivity index (χ0) is 19.9. The molecule has 146 valence electrons. The lowest BCUT2D eigenvalue weighted by Gasteiger charge is -2.14. The Hall–Kier alpha value is -2.27. The Morgan fingerprint density at radius 1 is 1.19 bits per heavy atom. The van der Waals surface area contributed by atoms with Crippen molar-refractivity contribution in [2.45, 2.75) is 11.3 Å². The average molecular weight is 412 g/mol. The summed E-state index contributed by atoms with van der Waals surface area (Å²) in [6.45, 7) is 0.0478. The summed E-state index contributed by atoms with van der Waals surface area (Å²) < 4.78 is 29.8. The van der Waals surface area contributed by atoms with Crippen LogP contribution in [0.2, 0.25) is 0 Å². The number of hydroxylamine groups is 1. The van der Waals surface area contributed by atoms with Crippen LogP contribution >= 0.6 is 11.3 Å². The molecule has 0 fully saturated rings. The van der Waals surface area contributed by atoms with Gasteiger partial charge in [0.1, 0.15) is 0 Å². The van der Waals surface area contributed by atoms with E-state index >= 15 is 0 Å². The monoisotopic (exact) mass is 412 g/mol. The molecule has 1 aromatic carbocycles. The molecule has 0 saturated heterocycles. The number of hydrogen-bond acceptors (Lipinski definition) is 7. The molecule has 1 heterocycles. The van der Waals surface area contributed by atoms with Gasteiger partial charge in [0.05, 0.1) is 17.6 Å². The highest BCUT2D eigenvalue weighted by Crippen LogP contribution is 2.15. The molecule has 0 aliphatic carbocycles. The molecule has 2 rings (SSSR count). The number of esters is 1. The lowest BCUT2D eigenvalue weighted by Crippen LogP contribution is -2.30. The van der Waals surface area contributed by atoms with Crippen LogP contribution in [0.4, 0.5) is 0 Å². The predicted octanol–water partition coefficient (Wildman–Crippen LogP) is 1.45. The summed E-state index contributed by atoms with van der Waals surface area (Å²) in [4.78, 5) is 29.5. The van der Waals surface area contributed by atoms with Crippen LogP contribution in [0, 0.1) is 0 Å². The minimum Gasteiger partial charge on any atom is -0.452 e. The van der Waals surface area contributed by atoms with Gasteiger partial charge in [-0.05, 0) is 42.1 Å². The molecule has 0 bridgehead atoms. The number of carbonyl (C=O) groups is 2. The summed E-state index contributed by atoms with van der Waals surface area (Å²) in [5, 5.41) is 4.63. The first-order valence-corrected chi connectivity index (χ1v) is 10.3. The Morgan fingerprint density at radius 2 is 1.89 bits per heavy atom. The normalized spacial score (nSPS) is 11.4. The second-order valence-corrected chi connectivity index (χ2v) is 8.35. The molecule has 27 heavy (non-hydrogen) atoms. The summed E-state index contributed by atoms with van der Waals surface area (Å²) in [7, 11) is -1.30. The first-order valence-electron chi connectivity index (χ1n) is 7.94. The number of nitrogens with zero attached hydrogens (tertiary/aromatic N) is 1. The summed E-state index contributed by atoms with van der Waals surface area (Å²) in [6.07, 6.45) is 0.712. The zero-order valence-corrected chi connectivity index (χ0v) is 16.5. The van der Waals surface area contributed by atoms with E-state index in [1.165, 1.54) is 38.4 Å². The highest BCUT2D eigenvalue weighted by Gasteiger charge is 2.21. The van der Waals surface area contributed by atoms with Gasteiger partial charge in [0.15, 0.2) is 6.61 Å². The minimum atomic E-state index is -3.79. The first-order chi connectivity index (χ1) is 12.8. The molecule has 0 spiro atoms. The van der Waals surface area contributed by atoms with Gasteiger partial charge < -0.3 is 10.1 Å². The van der Waals surface area contributed by atoms with E-state index in [2.05, 4.69) is 10.2 Å². The van der Waals surface area contributed by atoms with E-state index in [1.54, 1.807) is 11.3 Å². The van der Waals surface area contributed by atoms with Gasteiger partial charge in [0.2, 0.25) is 0 Å². The molecule has 2 aromatic rings. The fourth-order valence-corrected chi connectivity index (χ4v) is 3.74. The number of carbonyl (C=O) groups excluding carboxylic acids is 2. The molecule has 0 atom stereocenters. The molecular formula is C17H20N2O6S2. The average Bonchev–Trinajstić information content (AvgIpc) is 3.19. The fourth-order valence-electron chi connectivity index (χ4n) is 2.05. The maximum atomic E-state index is 12.1. The highest BCUT2D eigenvalue weighted by atomic mass is 32.2. The maximum absolute atomic E-state index is 12.1.